The Hall–Kier alpha value is -3.44. The van der Waals surface area contributed by atoms with Gasteiger partial charge in [-0.3, -0.25) is 0 Å². The Morgan fingerprint density at radius 1 is 0.378 bits per heavy atom. The van der Waals surface area contributed by atoms with Crippen molar-refractivity contribution in [3.8, 4) is 0 Å². The third kappa shape index (κ3) is 4.46. The van der Waals surface area contributed by atoms with E-state index in [2.05, 4.69) is 119 Å². The summed E-state index contributed by atoms with van der Waals surface area (Å²) >= 11 is 0. The van der Waals surface area contributed by atoms with E-state index < -0.39 is 0 Å². The van der Waals surface area contributed by atoms with E-state index in [-0.39, 0.29) is 18.9 Å². The van der Waals surface area contributed by atoms with Crippen LogP contribution in [-0.2, 0) is 39.0 Å². The topological polar surface area (TPSA) is 6.48 Å². The summed E-state index contributed by atoms with van der Waals surface area (Å²) in [5, 5.41) is 0. The molecular formula is C34H30LiN2. The van der Waals surface area contributed by atoms with Gasteiger partial charge in [0.15, 0.2) is 0 Å². The van der Waals surface area contributed by atoms with E-state index in [0.29, 0.717) is 0 Å². The summed E-state index contributed by atoms with van der Waals surface area (Å²) in [5.41, 5.74) is 14.5. The molecule has 4 aromatic carbocycles. The molecule has 2 nitrogen and oxygen atoms in total. The molecule has 8 rings (SSSR count). The quantitative estimate of drug-likeness (QED) is 0.295. The average molecular weight is 474 g/mol. The van der Waals surface area contributed by atoms with Crippen molar-refractivity contribution < 1.29 is 0 Å². The van der Waals surface area contributed by atoms with Gasteiger partial charge in [0.25, 0.3) is 0 Å². The summed E-state index contributed by atoms with van der Waals surface area (Å²) in [4.78, 5) is 4.99. The smallest absolute Gasteiger partial charge is 0.0436 e. The zero-order valence-electron chi connectivity index (χ0n) is 21.5. The van der Waals surface area contributed by atoms with Gasteiger partial charge in [-0.15, -0.1) is 0 Å². The van der Waals surface area contributed by atoms with Crippen LogP contribution in [0.1, 0.15) is 44.5 Å². The summed E-state index contributed by atoms with van der Waals surface area (Å²) in [6.07, 6.45) is 6.91. The Labute approximate surface area is 232 Å². The SMILES string of the molecule is C1=C(N2Cc3ccccc3C2)c2ccccc2C1.C1=C(N2Cc3ccccc3C2)c2ccccc2C1.[Li]. The molecule has 0 amide bonds. The molecule has 0 saturated carbocycles. The van der Waals surface area contributed by atoms with Crippen LogP contribution in [0.4, 0.5) is 0 Å². The van der Waals surface area contributed by atoms with E-state index in [4.69, 9.17) is 0 Å². The first kappa shape index (κ1) is 23.9. The van der Waals surface area contributed by atoms with Crippen LogP contribution in [-0.4, -0.2) is 28.7 Å². The van der Waals surface area contributed by atoms with E-state index in [9.17, 15) is 0 Å². The van der Waals surface area contributed by atoms with Gasteiger partial charge < -0.3 is 9.80 Å². The van der Waals surface area contributed by atoms with Crippen molar-refractivity contribution in [1.29, 1.82) is 0 Å². The molecule has 4 aromatic rings. The predicted octanol–water partition coefficient (Wildman–Crippen LogP) is 6.82. The second-order valence-corrected chi connectivity index (χ2v) is 10.2. The third-order valence-electron chi connectivity index (χ3n) is 7.98. The molecule has 0 spiro atoms. The van der Waals surface area contributed by atoms with Crippen LogP contribution in [0.2, 0.25) is 0 Å². The summed E-state index contributed by atoms with van der Waals surface area (Å²) in [7, 11) is 0. The molecular weight excluding hydrogens is 443 g/mol. The monoisotopic (exact) mass is 473 g/mol. The van der Waals surface area contributed by atoms with Crippen LogP contribution >= 0.6 is 0 Å². The molecule has 3 heteroatoms. The second-order valence-electron chi connectivity index (χ2n) is 10.2. The van der Waals surface area contributed by atoms with Gasteiger partial charge in [-0.1, -0.05) is 109 Å². The van der Waals surface area contributed by atoms with Crippen LogP contribution in [0.3, 0.4) is 0 Å². The van der Waals surface area contributed by atoms with Crippen molar-refractivity contribution in [2.75, 3.05) is 0 Å². The molecule has 0 unspecified atom stereocenters. The molecule has 0 atom stereocenters. The van der Waals surface area contributed by atoms with Crippen LogP contribution in [0.5, 0.6) is 0 Å². The van der Waals surface area contributed by atoms with Gasteiger partial charge in [0, 0.05) is 67.6 Å². The maximum atomic E-state index is 2.50. The fraction of sp³-hybridized carbons (Fsp3) is 0.176. The van der Waals surface area contributed by atoms with Gasteiger partial charge in [0.2, 0.25) is 0 Å². The number of hydrogen-bond donors (Lipinski definition) is 0. The van der Waals surface area contributed by atoms with Crippen LogP contribution in [0.15, 0.2) is 109 Å². The minimum atomic E-state index is 0. The Bertz CT molecular complexity index is 1350. The van der Waals surface area contributed by atoms with Crippen molar-refractivity contribution in [2.45, 2.75) is 39.0 Å². The van der Waals surface area contributed by atoms with E-state index in [1.165, 1.54) is 55.9 Å². The summed E-state index contributed by atoms with van der Waals surface area (Å²) in [6.45, 7) is 4.21. The Morgan fingerprint density at radius 3 is 1.03 bits per heavy atom. The zero-order chi connectivity index (χ0) is 23.9. The molecule has 0 saturated heterocycles. The van der Waals surface area contributed by atoms with Crippen LogP contribution in [0, 0.1) is 0 Å². The maximum Gasteiger partial charge on any atom is 0.0436 e. The third-order valence-corrected chi connectivity index (χ3v) is 7.98. The normalized spacial score (nSPS) is 16.0. The standard InChI is InChI=1S/2C17H15N.Li/c2*1-2-7-15-12-18(11-14(15)6-1)17-10-9-13-5-3-4-8-16(13)17;/h2*1-8,10H,9,11-12H2;. The predicted molar refractivity (Wildman–Crippen MR) is 153 cm³/mol. The molecule has 0 aromatic heterocycles. The minimum absolute atomic E-state index is 0. The van der Waals surface area contributed by atoms with Crippen molar-refractivity contribution in [3.63, 3.8) is 0 Å². The van der Waals surface area contributed by atoms with Crippen molar-refractivity contribution in [2.24, 2.45) is 0 Å². The zero-order valence-corrected chi connectivity index (χ0v) is 21.5. The summed E-state index contributed by atoms with van der Waals surface area (Å²) < 4.78 is 0. The molecule has 37 heavy (non-hydrogen) atoms. The molecule has 0 N–H and O–H groups in total. The fourth-order valence-electron chi connectivity index (χ4n) is 6.14. The molecule has 0 bridgehead atoms. The van der Waals surface area contributed by atoms with E-state index in [1.54, 1.807) is 0 Å². The van der Waals surface area contributed by atoms with Gasteiger partial charge >= 0.3 is 0 Å². The van der Waals surface area contributed by atoms with Gasteiger partial charge in [-0.05, 0) is 46.2 Å². The largest absolute Gasteiger partial charge is 0.363 e. The summed E-state index contributed by atoms with van der Waals surface area (Å²) in [5.74, 6) is 0. The van der Waals surface area contributed by atoms with Gasteiger partial charge in [0.1, 0.15) is 0 Å². The first-order chi connectivity index (χ1) is 17.8. The van der Waals surface area contributed by atoms with Crippen molar-refractivity contribution in [1.82, 2.24) is 9.80 Å². The van der Waals surface area contributed by atoms with Crippen molar-refractivity contribution in [3.05, 3.63) is 154 Å². The van der Waals surface area contributed by atoms with Gasteiger partial charge in [-0.2, -0.15) is 0 Å². The van der Waals surface area contributed by atoms with E-state index >= 15 is 0 Å². The van der Waals surface area contributed by atoms with Crippen LogP contribution < -0.4 is 0 Å². The van der Waals surface area contributed by atoms with Crippen LogP contribution in [0.25, 0.3) is 11.4 Å². The number of rotatable bonds is 2. The number of allylic oxidation sites excluding steroid dienone is 2. The van der Waals surface area contributed by atoms with E-state index in [1.807, 2.05) is 0 Å². The molecule has 177 valence electrons. The molecule has 2 heterocycles. The van der Waals surface area contributed by atoms with E-state index in [0.717, 1.165) is 39.0 Å². The Kier molecular flexibility index (Phi) is 6.55. The Balaban J connectivity index is 0.000000133. The van der Waals surface area contributed by atoms with Gasteiger partial charge in [-0.25, -0.2) is 0 Å². The molecule has 4 aliphatic rings. The van der Waals surface area contributed by atoms with Crippen molar-refractivity contribution >= 4 is 30.3 Å². The number of fused-ring (bicyclic) bond motifs is 4. The molecule has 2 aliphatic heterocycles. The molecule has 0 fully saturated rings. The maximum absolute atomic E-state index is 2.50. The fourth-order valence-corrected chi connectivity index (χ4v) is 6.14. The number of hydrogen-bond acceptors (Lipinski definition) is 2. The molecule has 2 aliphatic carbocycles. The summed E-state index contributed by atoms with van der Waals surface area (Å²) in [6, 6.07) is 35.1. The Morgan fingerprint density at radius 2 is 0.676 bits per heavy atom. The number of nitrogens with zero attached hydrogens (tertiary/aromatic N) is 2. The number of benzene rings is 4. The minimum Gasteiger partial charge on any atom is -0.363 e. The molecule has 1 radical (unpaired) electrons. The van der Waals surface area contributed by atoms with Gasteiger partial charge in [0.05, 0.1) is 0 Å². The first-order valence-corrected chi connectivity index (χ1v) is 13.0. The first-order valence-electron chi connectivity index (χ1n) is 13.0. The second kappa shape index (κ2) is 10.1. The average Bonchev–Trinajstić information content (AvgIpc) is 3.71.